The van der Waals surface area contributed by atoms with E-state index in [1.54, 1.807) is 6.07 Å². The number of aliphatic hydroxyl groups excluding tert-OH is 1. The fourth-order valence-electron chi connectivity index (χ4n) is 1.56. The highest BCUT2D eigenvalue weighted by Crippen LogP contribution is 2.30. The molecule has 0 aromatic heterocycles. The van der Waals surface area contributed by atoms with Gasteiger partial charge >= 0.3 is 0 Å². The molecule has 0 aliphatic rings. The molecule has 2 rings (SSSR count). The summed E-state index contributed by atoms with van der Waals surface area (Å²) >= 11 is 0. The van der Waals surface area contributed by atoms with Crippen molar-refractivity contribution in [1.29, 1.82) is 5.26 Å². The quantitative estimate of drug-likeness (QED) is 0.938. The fourth-order valence-corrected chi connectivity index (χ4v) is 1.56. The maximum atomic E-state index is 13.6. The zero-order valence-electron chi connectivity index (χ0n) is 10.0. The lowest BCUT2D eigenvalue weighted by Gasteiger charge is -2.10. The van der Waals surface area contributed by atoms with Gasteiger partial charge in [0.1, 0.15) is 0 Å². The number of hydrogen-bond acceptors (Lipinski definition) is 3. The Labute approximate surface area is 112 Å². The molecule has 1 N–H and O–H groups in total. The zero-order chi connectivity index (χ0) is 14.7. The summed E-state index contributed by atoms with van der Waals surface area (Å²) in [6.07, 6.45) is 0. The van der Waals surface area contributed by atoms with Gasteiger partial charge in [0.2, 0.25) is 0 Å². The second-order valence-electron chi connectivity index (χ2n) is 3.91. The van der Waals surface area contributed by atoms with Crippen molar-refractivity contribution in [3.8, 4) is 17.6 Å². The van der Waals surface area contributed by atoms with E-state index >= 15 is 0 Å². The van der Waals surface area contributed by atoms with Gasteiger partial charge in [-0.25, -0.2) is 13.2 Å². The van der Waals surface area contributed by atoms with Gasteiger partial charge in [0.25, 0.3) is 0 Å². The van der Waals surface area contributed by atoms with Gasteiger partial charge in [-0.1, -0.05) is 0 Å². The lowest BCUT2D eigenvalue weighted by Crippen LogP contribution is -1.97. The van der Waals surface area contributed by atoms with Crippen LogP contribution in [0.15, 0.2) is 30.3 Å². The van der Waals surface area contributed by atoms with Gasteiger partial charge < -0.3 is 9.84 Å². The minimum Gasteiger partial charge on any atom is -0.448 e. The Morgan fingerprint density at radius 2 is 1.70 bits per heavy atom. The zero-order valence-corrected chi connectivity index (χ0v) is 10.0. The molecule has 0 spiro atoms. The first-order valence-electron chi connectivity index (χ1n) is 5.51. The Bertz CT molecular complexity index is 672. The number of nitriles is 1. The Kier molecular flexibility index (Phi) is 3.91. The van der Waals surface area contributed by atoms with Crippen LogP contribution in [-0.2, 0) is 6.61 Å². The van der Waals surface area contributed by atoms with Crippen molar-refractivity contribution >= 4 is 0 Å². The molecule has 0 aliphatic carbocycles. The van der Waals surface area contributed by atoms with Gasteiger partial charge in [-0.3, -0.25) is 0 Å². The van der Waals surface area contributed by atoms with E-state index in [-0.39, 0.29) is 11.1 Å². The Hall–Kier alpha value is -2.52. The average Bonchev–Trinajstić information content (AvgIpc) is 2.43. The van der Waals surface area contributed by atoms with E-state index in [4.69, 9.17) is 15.1 Å². The van der Waals surface area contributed by atoms with Crippen LogP contribution in [0, 0.1) is 28.8 Å². The first-order valence-corrected chi connectivity index (χ1v) is 5.51. The summed E-state index contributed by atoms with van der Waals surface area (Å²) in [5.74, 6) is -4.20. The fraction of sp³-hybridized carbons (Fsp3) is 0.0714. The molecule has 0 saturated heterocycles. The van der Waals surface area contributed by atoms with E-state index in [1.807, 2.05) is 0 Å². The number of halogens is 3. The van der Waals surface area contributed by atoms with Gasteiger partial charge in [-0.05, 0) is 35.9 Å². The van der Waals surface area contributed by atoms with Crippen LogP contribution in [0.4, 0.5) is 13.2 Å². The van der Waals surface area contributed by atoms with E-state index < -0.39 is 35.6 Å². The molecule has 6 heteroatoms. The molecule has 0 saturated carbocycles. The van der Waals surface area contributed by atoms with E-state index in [1.165, 1.54) is 6.07 Å². The number of aliphatic hydroxyl groups is 1. The Balaban J connectivity index is 2.38. The lowest BCUT2D eigenvalue weighted by molar-refractivity contribution is 0.279. The van der Waals surface area contributed by atoms with Crippen LogP contribution in [0.25, 0.3) is 0 Å². The highest BCUT2D eigenvalue weighted by molar-refractivity contribution is 5.40. The molecule has 102 valence electrons. The highest BCUT2D eigenvalue weighted by atomic mass is 19.1. The first-order chi connectivity index (χ1) is 9.55. The van der Waals surface area contributed by atoms with Crippen molar-refractivity contribution in [3.05, 3.63) is 58.9 Å². The molecule has 2 aromatic rings. The van der Waals surface area contributed by atoms with Crippen molar-refractivity contribution in [1.82, 2.24) is 0 Å². The summed E-state index contributed by atoms with van der Waals surface area (Å²) in [4.78, 5) is 0. The van der Waals surface area contributed by atoms with Crippen LogP contribution in [-0.4, -0.2) is 5.11 Å². The molecule has 3 nitrogen and oxygen atoms in total. The van der Waals surface area contributed by atoms with Crippen molar-refractivity contribution in [2.45, 2.75) is 6.61 Å². The highest BCUT2D eigenvalue weighted by Gasteiger charge is 2.15. The molecular formula is C14H8F3NO2. The van der Waals surface area contributed by atoms with Gasteiger partial charge in [-0.2, -0.15) is 5.26 Å². The predicted octanol–water partition coefficient (Wildman–Crippen LogP) is 3.26. The number of hydrogen-bond donors (Lipinski definition) is 1. The van der Waals surface area contributed by atoms with Crippen molar-refractivity contribution in [3.63, 3.8) is 0 Å². The van der Waals surface area contributed by atoms with E-state index in [2.05, 4.69) is 0 Å². The number of benzene rings is 2. The third-order valence-electron chi connectivity index (χ3n) is 2.51. The summed E-state index contributed by atoms with van der Waals surface area (Å²) in [5.41, 5.74) is 0.0964. The van der Waals surface area contributed by atoms with E-state index in [0.29, 0.717) is 0 Å². The van der Waals surface area contributed by atoms with Crippen LogP contribution in [0.2, 0.25) is 0 Å². The second kappa shape index (κ2) is 5.63. The standard InChI is InChI=1S/C14H8F3NO2/c15-10-3-8(6-18)1-2-13(10)20-14-11(16)4-9(7-19)5-12(14)17/h1-5,19H,7H2. The van der Waals surface area contributed by atoms with Crippen LogP contribution >= 0.6 is 0 Å². The van der Waals surface area contributed by atoms with Gasteiger partial charge in [0, 0.05) is 0 Å². The van der Waals surface area contributed by atoms with Gasteiger partial charge in [-0.15, -0.1) is 0 Å². The molecule has 0 unspecified atom stereocenters. The van der Waals surface area contributed by atoms with Crippen molar-refractivity contribution in [2.24, 2.45) is 0 Å². The Morgan fingerprint density at radius 1 is 1.05 bits per heavy atom. The smallest absolute Gasteiger partial charge is 0.198 e. The monoisotopic (exact) mass is 279 g/mol. The Morgan fingerprint density at radius 3 is 2.20 bits per heavy atom. The maximum Gasteiger partial charge on any atom is 0.198 e. The number of rotatable bonds is 3. The molecule has 0 amide bonds. The molecule has 0 radical (unpaired) electrons. The van der Waals surface area contributed by atoms with Crippen LogP contribution < -0.4 is 4.74 Å². The minimum absolute atomic E-state index is 0.0349. The van der Waals surface area contributed by atoms with Crippen LogP contribution in [0.3, 0.4) is 0 Å². The summed E-state index contributed by atoms with van der Waals surface area (Å²) < 4.78 is 45.6. The summed E-state index contributed by atoms with van der Waals surface area (Å²) in [7, 11) is 0. The third kappa shape index (κ3) is 2.73. The number of ether oxygens (including phenoxy) is 1. The average molecular weight is 279 g/mol. The molecule has 0 bridgehead atoms. The third-order valence-corrected chi connectivity index (χ3v) is 2.51. The topological polar surface area (TPSA) is 53.2 Å². The largest absolute Gasteiger partial charge is 0.448 e. The molecular weight excluding hydrogens is 271 g/mol. The first kappa shape index (κ1) is 13.9. The van der Waals surface area contributed by atoms with Gasteiger partial charge in [0.15, 0.2) is 29.0 Å². The van der Waals surface area contributed by atoms with Crippen LogP contribution in [0.1, 0.15) is 11.1 Å². The van der Waals surface area contributed by atoms with E-state index in [9.17, 15) is 13.2 Å². The normalized spacial score (nSPS) is 10.2. The molecule has 20 heavy (non-hydrogen) atoms. The molecule has 0 fully saturated rings. The van der Waals surface area contributed by atoms with Crippen molar-refractivity contribution in [2.75, 3.05) is 0 Å². The van der Waals surface area contributed by atoms with Crippen molar-refractivity contribution < 1.29 is 23.0 Å². The molecule has 0 heterocycles. The summed E-state index contributed by atoms with van der Waals surface area (Å²) in [5, 5.41) is 17.4. The van der Waals surface area contributed by atoms with Gasteiger partial charge in [0.05, 0.1) is 18.2 Å². The SMILES string of the molecule is N#Cc1ccc(Oc2c(F)cc(CO)cc2F)c(F)c1. The molecule has 2 aromatic carbocycles. The molecule has 0 aliphatic heterocycles. The summed E-state index contributed by atoms with van der Waals surface area (Å²) in [6.45, 7) is -0.528. The maximum absolute atomic E-state index is 13.6. The minimum atomic E-state index is -1.06. The second-order valence-corrected chi connectivity index (χ2v) is 3.91. The summed E-state index contributed by atoms with van der Waals surface area (Å²) in [6, 6.07) is 6.76. The van der Waals surface area contributed by atoms with Crippen LogP contribution in [0.5, 0.6) is 11.5 Å². The lowest BCUT2D eigenvalue weighted by atomic mass is 10.2. The predicted molar refractivity (Wildman–Crippen MR) is 63.5 cm³/mol. The van der Waals surface area contributed by atoms with E-state index in [0.717, 1.165) is 24.3 Å². The number of nitrogens with zero attached hydrogens (tertiary/aromatic N) is 1. The molecule has 0 atom stereocenters.